The number of aliphatic hydroxyl groups excluding tert-OH is 1. The lowest BCUT2D eigenvalue weighted by Gasteiger charge is -2.20. The second-order valence-electron chi connectivity index (χ2n) is 4.35. The molecule has 0 radical (unpaired) electrons. The molecule has 2 N–H and O–H groups in total. The first kappa shape index (κ1) is 16.5. The van der Waals surface area contributed by atoms with Crippen molar-refractivity contribution in [1.82, 2.24) is 4.72 Å². The molecule has 1 atom stereocenters. The molecule has 108 valence electrons. The summed E-state index contributed by atoms with van der Waals surface area (Å²) in [5.41, 5.74) is 0. The minimum Gasteiger partial charge on any atom is -0.395 e. The van der Waals surface area contributed by atoms with Crippen molar-refractivity contribution in [3.05, 3.63) is 28.2 Å². The maximum Gasteiger partial charge on any atom is 0.244 e. The number of hydrogen-bond donors (Lipinski definition) is 2. The minimum atomic E-state index is -4.19. The van der Waals surface area contributed by atoms with Crippen molar-refractivity contribution >= 4 is 26.0 Å². The van der Waals surface area contributed by atoms with Crippen LogP contribution in [0.5, 0.6) is 0 Å². The van der Waals surface area contributed by atoms with E-state index >= 15 is 0 Å². The normalized spacial score (nSPS) is 13.8. The van der Waals surface area contributed by atoms with Crippen molar-refractivity contribution in [1.29, 1.82) is 0 Å². The average Bonchev–Trinajstić information content (AvgIpc) is 2.23. The third-order valence-corrected chi connectivity index (χ3v) is 4.99. The molecule has 19 heavy (non-hydrogen) atoms. The third kappa shape index (κ3) is 3.95. The summed E-state index contributed by atoms with van der Waals surface area (Å²) >= 11 is 2.82. The van der Waals surface area contributed by atoms with Crippen LogP contribution in [0.2, 0.25) is 0 Å². The summed E-state index contributed by atoms with van der Waals surface area (Å²) in [6.45, 7) is 3.00. The van der Waals surface area contributed by atoms with E-state index < -0.39 is 39.2 Å². The molecule has 0 aliphatic carbocycles. The topological polar surface area (TPSA) is 66.4 Å². The maximum atomic E-state index is 13.6. The predicted molar refractivity (Wildman–Crippen MR) is 70.1 cm³/mol. The summed E-state index contributed by atoms with van der Waals surface area (Å²) in [6, 6.07) is 0.602. The zero-order chi connectivity index (χ0) is 14.8. The first-order valence-corrected chi connectivity index (χ1v) is 7.74. The van der Waals surface area contributed by atoms with Gasteiger partial charge in [-0.25, -0.2) is 21.9 Å². The fourth-order valence-corrected chi connectivity index (χ4v) is 3.97. The largest absolute Gasteiger partial charge is 0.395 e. The lowest BCUT2D eigenvalue weighted by atomic mass is 10.1. The first-order valence-electron chi connectivity index (χ1n) is 5.46. The Morgan fingerprint density at radius 3 is 2.37 bits per heavy atom. The summed E-state index contributed by atoms with van der Waals surface area (Å²) in [6.07, 6.45) is 0. The van der Waals surface area contributed by atoms with Gasteiger partial charge < -0.3 is 5.11 Å². The van der Waals surface area contributed by atoms with Crippen molar-refractivity contribution < 1.29 is 22.3 Å². The second-order valence-corrected chi connectivity index (χ2v) is 6.86. The number of rotatable bonds is 5. The van der Waals surface area contributed by atoms with E-state index in [4.69, 9.17) is 5.11 Å². The lowest BCUT2D eigenvalue weighted by Crippen LogP contribution is -2.41. The summed E-state index contributed by atoms with van der Waals surface area (Å²) in [5, 5.41) is 9.10. The van der Waals surface area contributed by atoms with Crippen molar-refractivity contribution in [3.8, 4) is 0 Å². The van der Waals surface area contributed by atoms with Crippen LogP contribution in [0.3, 0.4) is 0 Å². The lowest BCUT2D eigenvalue weighted by molar-refractivity contribution is 0.227. The second kappa shape index (κ2) is 6.25. The van der Waals surface area contributed by atoms with E-state index in [1.54, 1.807) is 13.8 Å². The van der Waals surface area contributed by atoms with Gasteiger partial charge in [0.15, 0.2) is 0 Å². The number of hydrogen-bond acceptors (Lipinski definition) is 3. The summed E-state index contributed by atoms with van der Waals surface area (Å²) in [4.78, 5) is -0.673. The molecule has 0 aliphatic rings. The van der Waals surface area contributed by atoms with E-state index in [1.807, 2.05) is 0 Å². The van der Waals surface area contributed by atoms with E-state index in [1.165, 1.54) is 0 Å². The summed E-state index contributed by atoms with van der Waals surface area (Å²) < 4.78 is 52.6. The Morgan fingerprint density at radius 2 is 1.95 bits per heavy atom. The molecular formula is C11H14BrF2NO3S. The van der Waals surface area contributed by atoms with Crippen molar-refractivity contribution in [2.75, 3.05) is 6.61 Å². The SMILES string of the molecule is CC(C)C(CO)NS(=O)(=O)c1c(F)cc(F)cc1Br. The quantitative estimate of drug-likeness (QED) is 0.847. The number of halogens is 3. The maximum absolute atomic E-state index is 13.6. The molecule has 1 unspecified atom stereocenters. The van der Waals surface area contributed by atoms with Gasteiger partial charge in [-0.05, 0) is 27.9 Å². The zero-order valence-corrected chi connectivity index (χ0v) is 12.7. The molecule has 0 fully saturated rings. The van der Waals surface area contributed by atoms with Crippen LogP contribution in [0.15, 0.2) is 21.5 Å². The van der Waals surface area contributed by atoms with Crippen LogP contribution in [-0.4, -0.2) is 26.2 Å². The van der Waals surface area contributed by atoms with Crippen molar-refractivity contribution in [3.63, 3.8) is 0 Å². The Kier molecular flexibility index (Phi) is 5.43. The van der Waals surface area contributed by atoms with E-state index in [-0.39, 0.29) is 10.4 Å². The highest BCUT2D eigenvalue weighted by atomic mass is 79.9. The first-order chi connectivity index (χ1) is 8.69. The standard InChI is InChI=1S/C11H14BrF2NO3S/c1-6(2)10(5-16)15-19(17,18)11-8(12)3-7(13)4-9(11)14/h3-4,6,10,15-16H,5H2,1-2H3. The molecule has 0 spiro atoms. The highest BCUT2D eigenvalue weighted by Gasteiger charge is 2.27. The highest BCUT2D eigenvalue weighted by Crippen LogP contribution is 2.26. The molecule has 0 aliphatic heterocycles. The Labute approximate surface area is 119 Å². The summed E-state index contributed by atoms with van der Waals surface area (Å²) in [5.74, 6) is -2.26. The van der Waals surface area contributed by atoms with Crippen LogP contribution in [0.1, 0.15) is 13.8 Å². The van der Waals surface area contributed by atoms with Gasteiger partial charge in [-0.2, -0.15) is 0 Å². The van der Waals surface area contributed by atoms with E-state index in [0.29, 0.717) is 6.07 Å². The van der Waals surface area contributed by atoms with Crippen molar-refractivity contribution in [2.45, 2.75) is 24.8 Å². The number of sulfonamides is 1. The zero-order valence-electron chi connectivity index (χ0n) is 10.3. The molecule has 8 heteroatoms. The Balaban J connectivity index is 3.21. The van der Waals surface area contributed by atoms with Crippen LogP contribution in [0.4, 0.5) is 8.78 Å². The Hall–Kier alpha value is -0.570. The Morgan fingerprint density at radius 1 is 1.37 bits per heavy atom. The van der Waals surface area contributed by atoms with Gasteiger partial charge in [0.1, 0.15) is 16.5 Å². The molecule has 0 bridgehead atoms. The van der Waals surface area contributed by atoms with Gasteiger partial charge in [-0.1, -0.05) is 13.8 Å². The van der Waals surface area contributed by atoms with Gasteiger partial charge in [0.25, 0.3) is 0 Å². The van der Waals surface area contributed by atoms with Crippen LogP contribution < -0.4 is 4.72 Å². The van der Waals surface area contributed by atoms with Gasteiger partial charge >= 0.3 is 0 Å². The van der Waals surface area contributed by atoms with E-state index in [2.05, 4.69) is 20.7 Å². The highest BCUT2D eigenvalue weighted by molar-refractivity contribution is 9.10. The monoisotopic (exact) mass is 357 g/mol. The van der Waals surface area contributed by atoms with E-state index in [0.717, 1.165) is 6.07 Å². The van der Waals surface area contributed by atoms with Gasteiger partial charge in [0.2, 0.25) is 10.0 Å². The fourth-order valence-electron chi connectivity index (χ4n) is 1.43. The van der Waals surface area contributed by atoms with Crippen molar-refractivity contribution in [2.24, 2.45) is 5.92 Å². The Bertz CT molecular complexity index is 540. The fraction of sp³-hybridized carbons (Fsp3) is 0.455. The minimum absolute atomic E-state index is 0.179. The molecule has 1 aromatic rings. The van der Waals surface area contributed by atoms with Crippen LogP contribution in [-0.2, 0) is 10.0 Å². The molecule has 0 heterocycles. The average molecular weight is 358 g/mol. The number of aliphatic hydroxyl groups is 1. The van der Waals surface area contributed by atoms with Crippen LogP contribution >= 0.6 is 15.9 Å². The number of benzene rings is 1. The molecule has 1 aromatic carbocycles. The van der Waals surface area contributed by atoms with Gasteiger partial charge in [-0.15, -0.1) is 0 Å². The smallest absolute Gasteiger partial charge is 0.244 e. The molecule has 0 amide bonds. The molecule has 1 rings (SSSR count). The predicted octanol–water partition coefficient (Wildman–Crippen LogP) is 2.02. The van der Waals surface area contributed by atoms with Crippen LogP contribution in [0, 0.1) is 17.6 Å². The van der Waals surface area contributed by atoms with Gasteiger partial charge in [0, 0.05) is 16.6 Å². The molecular weight excluding hydrogens is 344 g/mol. The van der Waals surface area contributed by atoms with E-state index in [9.17, 15) is 17.2 Å². The van der Waals surface area contributed by atoms with Crippen LogP contribution in [0.25, 0.3) is 0 Å². The third-order valence-electron chi connectivity index (χ3n) is 2.54. The summed E-state index contributed by atoms with van der Waals surface area (Å²) in [7, 11) is -4.19. The molecule has 4 nitrogen and oxygen atoms in total. The number of nitrogens with one attached hydrogen (secondary N) is 1. The molecule has 0 saturated carbocycles. The van der Waals surface area contributed by atoms with Gasteiger partial charge in [-0.3, -0.25) is 0 Å². The molecule has 0 aromatic heterocycles. The molecule has 0 saturated heterocycles. The van der Waals surface area contributed by atoms with Gasteiger partial charge in [0.05, 0.1) is 6.61 Å².